The van der Waals surface area contributed by atoms with Gasteiger partial charge in [0.05, 0.1) is 5.54 Å². The number of hydrogen-bond donors (Lipinski definition) is 1. The number of nitrogens with zero attached hydrogens (tertiary/aromatic N) is 6. The number of benzene rings is 2. The number of anilines is 1. The van der Waals surface area contributed by atoms with Gasteiger partial charge in [-0.05, 0) is 91.0 Å². The van der Waals surface area contributed by atoms with E-state index < -0.39 is 6.04 Å². The van der Waals surface area contributed by atoms with Crippen LogP contribution in [0.25, 0.3) is 10.9 Å². The van der Waals surface area contributed by atoms with Crippen molar-refractivity contribution in [2.24, 2.45) is 0 Å². The first kappa shape index (κ1) is 24.1. The topological polar surface area (TPSA) is 82.9 Å². The number of aromatic amines is 1. The summed E-state index contributed by atoms with van der Waals surface area (Å²) in [6, 6.07) is 14.3. The molecule has 1 aliphatic rings. The van der Waals surface area contributed by atoms with Crippen LogP contribution in [0, 0.1) is 5.82 Å². The van der Waals surface area contributed by atoms with Crippen LogP contribution in [0.2, 0.25) is 0 Å². The Morgan fingerprint density at radius 3 is 2.42 bits per heavy atom. The molecule has 1 atom stereocenters. The third-order valence-corrected chi connectivity index (χ3v) is 6.88. The van der Waals surface area contributed by atoms with E-state index in [2.05, 4.69) is 64.1 Å². The van der Waals surface area contributed by atoms with E-state index in [1.54, 1.807) is 0 Å². The molecule has 2 aromatic carbocycles. The minimum absolute atomic E-state index is 0.138. The zero-order chi connectivity index (χ0) is 25.4. The van der Waals surface area contributed by atoms with Crippen LogP contribution in [0.3, 0.4) is 0 Å². The lowest BCUT2D eigenvalue weighted by atomic mass is 10.00. The predicted octanol–water partition coefficient (Wildman–Crippen LogP) is 3.88. The van der Waals surface area contributed by atoms with Crippen molar-refractivity contribution in [1.29, 1.82) is 0 Å². The van der Waals surface area contributed by atoms with E-state index in [4.69, 9.17) is 0 Å². The van der Waals surface area contributed by atoms with Gasteiger partial charge in [-0.2, -0.15) is 0 Å². The number of H-pyrrole nitrogens is 1. The van der Waals surface area contributed by atoms with Gasteiger partial charge < -0.3 is 9.88 Å². The summed E-state index contributed by atoms with van der Waals surface area (Å²) in [6.45, 7) is 11.2. The van der Waals surface area contributed by atoms with Gasteiger partial charge in [-0.3, -0.25) is 9.69 Å². The normalized spacial score (nSPS) is 16.0. The molecule has 3 heterocycles. The van der Waals surface area contributed by atoms with Gasteiger partial charge in [0.15, 0.2) is 5.82 Å². The fourth-order valence-electron chi connectivity index (χ4n) is 4.93. The predicted molar refractivity (Wildman–Crippen MR) is 139 cm³/mol. The number of aryl methyl sites for hydroxylation is 1. The van der Waals surface area contributed by atoms with E-state index in [1.807, 2.05) is 35.0 Å². The molecule has 0 bridgehead atoms. The first-order valence-corrected chi connectivity index (χ1v) is 12.4. The van der Waals surface area contributed by atoms with Gasteiger partial charge >= 0.3 is 0 Å². The van der Waals surface area contributed by atoms with Gasteiger partial charge in [0.1, 0.15) is 11.9 Å². The number of pyridine rings is 1. The zero-order valence-electron chi connectivity index (χ0n) is 21.2. The smallest absolute Gasteiger partial charge is 0.253 e. The van der Waals surface area contributed by atoms with E-state index in [9.17, 15) is 9.18 Å². The molecule has 1 fully saturated rings. The van der Waals surface area contributed by atoms with Crippen molar-refractivity contribution in [3.63, 3.8) is 0 Å². The van der Waals surface area contributed by atoms with E-state index in [-0.39, 0.29) is 16.9 Å². The molecule has 2 aromatic heterocycles. The minimum Gasteiger partial charge on any atom is -0.369 e. The first-order valence-electron chi connectivity index (χ1n) is 12.4. The summed E-state index contributed by atoms with van der Waals surface area (Å²) in [7, 11) is 0. The van der Waals surface area contributed by atoms with Gasteiger partial charge in [-0.1, -0.05) is 13.0 Å². The van der Waals surface area contributed by atoms with Crippen molar-refractivity contribution in [1.82, 2.24) is 30.1 Å². The molecule has 0 aliphatic carbocycles. The quantitative estimate of drug-likeness (QED) is 0.458. The maximum atomic E-state index is 13.4. The second-order valence-electron chi connectivity index (χ2n) is 10.4. The minimum atomic E-state index is -0.409. The largest absolute Gasteiger partial charge is 0.369 e. The number of tetrazole rings is 1. The Bertz CT molecular complexity index is 1410. The highest BCUT2D eigenvalue weighted by atomic mass is 19.1. The zero-order valence-corrected chi connectivity index (χ0v) is 21.2. The van der Waals surface area contributed by atoms with Crippen LogP contribution in [0.15, 0.2) is 53.3 Å². The van der Waals surface area contributed by atoms with Crippen molar-refractivity contribution in [3.05, 3.63) is 81.7 Å². The van der Waals surface area contributed by atoms with Crippen molar-refractivity contribution in [2.75, 3.05) is 31.1 Å². The Morgan fingerprint density at radius 1 is 1.03 bits per heavy atom. The monoisotopic (exact) mass is 489 g/mol. The summed E-state index contributed by atoms with van der Waals surface area (Å²) in [5, 5.41) is 13.7. The average molecular weight is 490 g/mol. The lowest BCUT2D eigenvalue weighted by Crippen LogP contribution is -2.49. The summed E-state index contributed by atoms with van der Waals surface area (Å²) < 4.78 is 15.2. The Labute approximate surface area is 209 Å². The molecular formula is C27H32FN7O. The van der Waals surface area contributed by atoms with Gasteiger partial charge in [0.25, 0.3) is 5.56 Å². The van der Waals surface area contributed by atoms with Gasteiger partial charge in [-0.15, -0.1) is 5.10 Å². The van der Waals surface area contributed by atoms with Crippen LogP contribution in [0.1, 0.15) is 50.7 Å². The summed E-state index contributed by atoms with van der Waals surface area (Å²) in [6.07, 6.45) is 0.918. The molecule has 0 radical (unpaired) electrons. The van der Waals surface area contributed by atoms with Crippen molar-refractivity contribution in [2.45, 2.75) is 45.7 Å². The Balaban J connectivity index is 1.56. The number of hydrogen-bond acceptors (Lipinski definition) is 6. The number of halogens is 1. The Kier molecular flexibility index (Phi) is 6.34. The van der Waals surface area contributed by atoms with Gasteiger partial charge in [0, 0.05) is 42.9 Å². The lowest BCUT2D eigenvalue weighted by molar-refractivity contribution is 0.190. The molecule has 0 spiro atoms. The standard InChI is InChI=1S/C27H32FN7O/c1-5-18-6-11-23-19(16-18)17-22(26(36)29-23)24(25-30-31-32-35(25)27(2,3)4)34-14-12-33(13-15-34)21-9-7-20(28)8-10-21/h6-11,16-17,24H,5,12-15H2,1-4H3,(H,29,36). The summed E-state index contributed by atoms with van der Waals surface area (Å²) in [4.78, 5) is 21.0. The summed E-state index contributed by atoms with van der Waals surface area (Å²) >= 11 is 0. The van der Waals surface area contributed by atoms with Crippen LogP contribution in [-0.4, -0.2) is 56.3 Å². The molecule has 0 saturated carbocycles. The molecule has 188 valence electrons. The first-order chi connectivity index (χ1) is 17.2. The van der Waals surface area contributed by atoms with Crippen LogP contribution >= 0.6 is 0 Å². The molecule has 9 heteroatoms. The summed E-state index contributed by atoms with van der Waals surface area (Å²) in [5.74, 6) is 0.405. The van der Waals surface area contributed by atoms with E-state index >= 15 is 0 Å². The van der Waals surface area contributed by atoms with Gasteiger partial charge in [0.2, 0.25) is 0 Å². The molecule has 5 rings (SSSR count). The Hall–Kier alpha value is -3.59. The van der Waals surface area contributed by atoms with Crippen LogP contribution < -0.4 is 10.5 Å². The third-order valence-electron chi connectivity index (χ3n) is 6.88. The number of aromatic nitrogens is 5. The van der Waals surface area contributed by atoms with Gasteiger partial charge in [-0.25, -0.2) is 9.07 Å². The van der Waals surface area contributed by atoms with Crippen molar-refractivity contribution < 1.29 is 4.39 Å². The summed E-state index contributed by atoms with van der Waals surface area (Å²) in [5.41, 5.74) is 3.15. The molecule has 36 heavy (non-hydrogen) atoms. The van der Waals surface area contributed by atoms with E-state index in [0.29, 0.717) is 24.5 Å². The van der Waals surface area contributed by atoms with Crippen molar-refractivity contribution in [3.8, 4) is 0 Å². The highest BCUT2D eigenvalue weighted by Crippen LogP contribution is 2.31. The Morgan fingerprint density at radius 2 is 1.75 bits per heavy atom. The second kappa shape index (κ2) is 9.46. The molecule has 1 unspecified atom stereocenters. The number of piperazine rings is 1. The maximum Gasteiger partial charge on any atom is 0.253 e. The molecule has 8 nitrogen and oxygen atoms in total. The molecule has 1 saturated heterocycles. The highest BCUT2D eigenvalue weighted by molar-refractivity contribution is 5.80. The van der Waals surface area contributed by atoms with Crippen LogP contribution in [0.4, 0.5) is 10.1 Å². The third kappa shape index (κ3) is 4.63. The molecule has 4 aromatic rings. The fourth-order valence-corrected chi connectivity index (χ4v) is 4.93. The number of rotatable bonds is 5. The second-order valence-corrected chi connectivity index (χ2v) is 10.4. The molecule has 0 amide bonds. The fraction of sp³-hybridized carbons (Fsp3) is 0.407. The average Bonchev–Trinajstić information content (AvgIpc) is 3.35. The number of fused-ring (bicyclic) bond motifs is 1. The van der Waals surface area contributed by atoms with Crippen LogP contribution in [0.5, 0.6) is 0 Å². The highest BCUT2D eigenvalue weighted by Gasteiger charge is 2.35. The van der Waals surface area contributed by atoms with Crippen molar-refractivity contribution >= 4 is 16.6 Å². The maximum absolute atomic E-state index is 13.4. The van der Waals surface area contributed by atoms with E-state index in [0.717, 1.165) is 36.1 Å². The lowest BCUT2D eigenvalue weighted by Gasteiger charge is -2.40. The number of nitrogens with one attached hydrogen (secondary N) is 1. The van der Waals surface area contributed by atoms with E-state index in [1.165, 1.54) is 17.7 Å². The molecular weight excluding hydrogens is 457 g/mol. The molecule has 1 N–H and O–H groups in total. The van der Waals surface area contributed by atoms with Crippen LogP contribution in [-0.2, 0) is 12.0 Å². The molecule has 1 aliphatic heterocycles. The SMILES string of the molecule is CCc1ccc2[nH]c(=O)c(C(c3nnnn3C(C)(C)C)N3CCN(c4ccc(F)cc4)CC3)cc2c1.